The fourth-order valence-corrected chi connectivity index (χ4v) is 9.64. The van der Waals surface area contributed by atoms with Crippen LogP contribution in [0.25, 0.3) is 17.8 Å². The van der Waals surface area contributed by atoms with Gasteiger partial charge in [-0.05, 0) is 77.5 Å². The number of anilines is 3. The summed E-state index contributed by atoms with van der Waals surface area (Å²) in [4.78, 5) is 60.1. The highest BCUT2D eigenvalue weighted by Crippen LogP contribution is 2.37. The van der Waals surface area contributed by atoms with Crippen molar-refractivity contribution in [2.75, 3.05) is 42.4 Å². The van der Waals surface area contributed by atoms with Crippen LogP contribution in [0.1, 0.15) is 139 Å². The first-order valence-corrected chi connectivity index (χ1v) is 30.0. The van der Waals surface area contributed by atoms with Crippen molar-refractivity contribution < 1.29 is 73.2 Å². The summed E-state index contributed by atoms with van der Waals surface area (Å²) in [6, 6.07) is 9.19. The van der Waals surface area contributed by atoms with Crippen molar-refractivity contribution in [1.29, 1.82) is 0 Å². The normalized spacial score (nSPS) is 18.0. The molecule has 5 aliphatic rings. The number of hydrogen-bond acceptors (Lipinski definition) is 19. The Balaban J connectivity index is 0.000000187. The molecule has 510 valence electrons. The minimum absolute atomic E-state index is 0. The summed E-state index contributed by atoms with van der Waals surface area (Å²) < 4.78 is 138. The summed E-state index contributed by atoms with van der Waals surface area (Å²) in [7, 11) is 0. The summed E-state index contributed by atoms with van der Waals surface area (Å²) in [6.45, 7) is 5.17. The molecule has 5 fully saturated rings. The molecule has 2 saturated heterocycles. The van der Waals surface area contributed by atoms with E-state index < -0.39 is 55.5 Å². The molecule has 8 N–H and O–H groups in total. The summed E-state index contributed by atoms with van der Waals surface area (Å²) in [5.74, 6) is -7.06. The van der Waals surface area contributed by atoms with Crippen LogP contribution in [0.15, 0.2) is 55.0 Å². The van der Waals surface area contributed by atoms with E-state index in [-0.39, 0.29) is 136 Å². The first kappa shape index (κ1) is 72.2. The number of nitrogens with zero attached hydrogens (tertiary/aromatic N) is 12. The Morgan fingerprint density at radius 2 is 0.882 bits per heavy atom. The predicted molar refractivity (Wildman–Crippen MR) is 320 cm³/mol. The second-order valence-corrected chi connectivity index (χ2v) is 23.7. The lowest BCUT2D eigenvalue weighted by Crippen LogP contribution is -2.42. The number of nitrogens with two attached hydrogens (primary N) is 1. The van der Waals surface area contributed by atoms with Gasteiger partial charge in [0, 0.05) is 100.0 Å². The topological polar surface area (TPSA) is 316 Å². The zero-order valence-corrected chi connectivity index (χ0v) is 50.9. The summed E-state index contributed by atoms with van der Waals surface area (Å²) >= 11 is 0. The Labute approximate surface area is 530 Å². The van der Waals surface area contributed by atoms with Crippen LogP contribution in [-0.2, 0) is 63.5 Å². The van der Waals surface area contributed by atoms with Crippen LogP contribution in [0, 0.1) is 11.8 Å². The Kier molecular flexibility index (Phi) is 25.2. The van der Waals surface area contributed by atoms with Gasteiger partial charge < -0.3 is 51.6 Å². The van der Waals surface area contributed by atoms with Gasteiger partial charge in [-0.2, -0.15) is 30.2 Å². The van der Waals surface area contributed by atoms with Gasteiger partial charge in [-0.15, -0.1) is 0 Å². The summed E-state index contributed by atoms with van der Waals surface area (Å²) in [5, 5.41) is 35.3. The van der Waals surface area contributed by atoms with Gasteiger partial charge in [-0.3, -0.25) is 9.59 Å². The number of alkyl carbamates (subject to hydrolysis) is 1. The molecule has 0 radical (unpaired) electrons. The van der Waals surface area contributed by atoms with E-state index in [1.807, 2.05) is 0 Å². The van der Waals surface area contributed by atoms with Crippen molar-refractivity contribution in [3.8, 4) is 17.8 Å². The van der Waals surface area contributed by atoms with E-state index in [0.29, 0.717) is 99.5 Å². The molecule has 8 heterocycles. The molecule has 0 atom stereocenters. The number of carbonyl (C=O) groups excluding carboxylic acids is 2. The van der Waals surface area contributed by atoms with Crippen LogP contribution < -0.4 is 32.3 Å². The number of rotatable bonds is 19. The third-order valence-electron chi connectivity index (χ3n) is 14.9. The number of carbonyl (C=O) groups is 3. The maximum atomic E-state index is 13.4. The third-order valence-corrected chi connectivity index (χ3v) is 14.9. The Morgan fingerprint density at radius 1 is 0.548 bits per heavy atom. The number of amides is 2. The average molecular weight is 1320 g/mol. The molecule has 11 rings (SSSR count). The molecule has 6 aromatic rings. The zero-order valence-electron chi connectivity index (χ0n) is 50.9. The standard InChI is InChI=1S/C20H27F3N6O2.C19H23F3N6O2.C15H19F3N6.C4H6O3.CH4/c1-19(2,3)31-18(30)24-12-15-10-16(25-13-4-7-20(22,23)8-5-13)27-17(26-15)29-9-6-14(11-21)28-29;20-8-14-3-6-28(27-14)18-25-15(9-23-17(29)12-10-30-11-12)7-16(26-18)24-13-1-4-19(21,22)5-2-13;16-8-11-3-6-24(23-11)14-21-12(9-19)7-13(22-14)20-10-1-4-15(17,18)5-2-10;5-4(6)3-1-7-2-3;/h6,9-10,13H,4-5,7-8,11-12H2,1-3H3,(H,24,30)(H,25,26,27);3,6-7,12-13H,1-2,4-5,8-11H2,(H,23,29)(H,24,25,26);3,6-7,10H,1-2,4-5,8-9,19H2,(H,20,21,22);3H,1-2H2,(H,5,6);1H4. The van der Waals surface area contributed by atoms with Gasteiger partial charge in [0.15, 0.2) is 0 Å². The lowest BCUT2D eigenvalue weighted by Gasteiger charge is -2.29. The number of aliphatic carboxylic acids is 1. The van der Waals surface area contributed by atoms with Gasteiger partial charge in [0.2, 0.25) is 23.7 Å². The molecular formula is C59H79F9N18O7. The largest absolute Gasteiger partial charge is 0.481 e. The molecule has 2 amide bonds. The van der Waals surface area contributed by atoms with Crippen LogP contribution in [0.5, 0.6) is 0 Å². The van der Waals surface area contributed by atoms with Crippen LogP contribution in [-0.4, -0.2) is 150 Å². The third kappa shape index (κ3) is 22.5. The molecule has 6 aromatic heterocycles. The first-order valence-electron chi connectivity index (χ1n) is 30.0. The van der Waals surface area contributed by atoms with Crippen molar-refractivity contribution in [3.05, 3.63) is 89.2 Å². The van der Waals surface area contributed by atoms with Crippen LogP contribution >= 0.6 is 0 Å². The second-order valence-electron chi connectivity index (χ2n) is 23.7. The van der Waals surface area contributed by atoms with Gasteiger partial charge >= 0.3 is 12.1 Å². The van der Waals surface area contributed by atoms with E-state index in [0.717, 1.165) is 0 Å². The molecule has 0 spiro atoms. The number of hydrogen-bond donors (Lipinski definition) is 7. The average Bonchev–Trinajstić information content (AvgIpc) is 1.86. The number of carboxylic acid groups (broad SMARTS) is 1. The Hall–Kier alpha value is -8.27. The molecule has 25 nitrogen and oxygen atoms in total. The number of alkyl halides is 9. The highest BCUT2D eigenvalue weighted by atomic mass is 19.3. The van der Waals surface area contributed by atoms with Gasteiger partial charge in [0.1, 0.15) is 49.0 Å². The maximum absolute atomic E-state index is 13.4. The van der Waals surface area contributed by atoms with E-state index >= 15 is 0 Å². The number of halogens is 9. The zero-order chi connectivity index (χ0) is 66.2. The minimum atomic E-state index is -2.63. The molecular weight excluding hydrogens is 1240 g/mol. The highest BCUT2D eigenvalue weighted by molar-refractivity contribution is 5.79. The fraction of sp³-hybridized carbons (Fsp3) is 0.593. The molecule has 0 bridgehead atoms. The number of aromatic nitrogens is 12. The molecule has 2 aliphatic heterocycles. The smallest absolute Gasteiger partial charge is 0.407 e. The van der Waals surface area contributed by atoms with Crippen molar-refractivity contribution in [1.82, 2.24) is 69.9 Å². The van der Waals surface area contributed by atoms with Crippen LogP contribution in [0.3, 0.4) is 0 Å². The van der Waals surface area contributed by atoms with E-state index in [4.69, 9.17) is 20.3 Å². The first-order chi connectivity index (χ1) is 43.7. The van der Waals surface area contributed by atoms with Crippen molar-refractivity contribution in [3.63, 3.8) is 0 Å². The van der Waals surface area contributed by atoms with E-state index in [9.17, 15) is 53.9 Å². The Morgan fingerprint density at radius 3 is 1.16 bits per heavy atom. The minimum Gasteiger partial charge on any atom is -0.481 e. The fourth-order valence-electron chi connectivity index (χ4n) is 9.64. The van der Waals surface area contributed by atoms with Crippen molar-refractivity contribution >= 4 is 35.4 Å². The molecule has 0 aromatic carbocycles. The number of nitrogens with one attached hydrogen (secondary N) is 5. The molecule has 3 aliphatic carbocycles. The van der Waals surface area contributed by atoms with E-state index in [2.05, 4.69) is 76.5 Å². The number of carboxylic acids is 1. The van der Waals surface area contributed by atoms with Gasteiger partial charge in [-0.1, -0.05) is 7.43 Å². The van der Waals surface area contributed by atoms with Crippen LogP contribution in [0.4, 0.5) is 61.8 Å². The van der Waals surface area contributed by atoms with E-state index in [1.165, 1.54) is 38.4 Å². The highest BCUT2D eigenvalue weighted by Gasteiger charge is 2.38. The van der Waals surface area contributed by atoms with Gasteiger partial charge in [0.25, 0.3) is 17.8 Å². The second kappa shape index (κ2) is 32.5. The number of ether oxygens (including phenoxy) is 3. The van der Waals surface area contributed by atoms with Gasteiger partial charge in [-0.25, -0.2) is 73.3 Å². The van der Waals surface area contributed by atoms with Crippen molar-refractivity contribution in [2.24, 2.45) is 17.6 Å². The van der Waals surface area contributed by atoms with Gasteiger partial charge in [0.05, 0.1) is 79.6 Å². The summed E-state index contributed by atoms with van der Waals surface area (Å²) in [6.07, 6.45) is 5.08. The monoisotopic (exact) mass is 1320 g/mol. The van der Waals surface area contributed by atoms with Crippen LogP contribution in [0.2, 0.25) is 0 Å². The Bertz CT molecular complexity index is 3370. The molecule has 3 saturated carbocycles. The lowest BCUT2D eigenvalue weighted by molar-refractivity contribution is -0.156. The van der Waals surface area contributed by atoms with Crippen molar-refractivity contribution in [2.45, 2.75) is 186 Å². The SMILES string of the molecule is C.CC(C)(C)OC(=O)NCc1cc(NC2CCC(F)(F)CC2)nc(-n2ccc(CF)n2)n1.NCc1cc(NC2CCC(F)(F)CC2)nc(-n2ccc(CF)n2)n1.O=C(NCc1cc(NC2CCC(F)(F)CC2)nc(-n2ccc(CF)n2)n1)C1COC1.O=C(O)C1COC1. The quantitative estimate of drug-likeness (QED) is 0.0371. The molecule has 0 unspecified atom stereocenters. The summed E-state index contributed by atoms with van der Waals surface area (Å²) in [5.41, 5.74) is 7.32. The molecule has 34 heteroatoms. The lowest BCUT2D eigenvalue weighted by atomic mass is 9.92. The molecule has 93 heavy (non-hydrogen) atoms. The predicted octanol–water partition coefficient (Wildman–Crippen LogP) is 9.46. The van der Waals surface area contributed by atoms with E-state index in [1.54, 1.807) is 51.4 Å². The maximum Gasteiger partial charge on any atom is 0.407 e.